The molecule has 46 heavy (non-hydrogen) atoms. The Morgan fingerprint density at radius 2 is 1.85 bits per heavy atom. The summed E-state index contributed by atoms with van der Waals surface area (Å²) in [5.74, 6) is 1.26. The highest BCUT2D eigenvalue weighted by Crippen LogP contribution is 2.36. The average Bonchev–Trinajstić information content (AvgIpc) is 3.57. The lowest BCUT2D eigenvalue weighted by molar-refractivity contribution is -0.138. The van der Waals surface area contributed by atoms with Crippen molar-refractivity contribution in [2.45, 2.75) is 84.0 Å². The number of imidazole rings is 1. The number of nitrogens with two attached hydrogens (primary N) is 1. The summed E-state index contributed by atoms with van der Waals surface area (Å²) in [4.78, 5) is 39.0. The lowest BCUT2D eigenvalue weighted by Crippen LogP contribution is -2.46. The quantitative estimate of drug-likeness (QED) is 0.327. The van der Waals surface area contributed by atoms with Crippen LogP contribution in [0, 0.1) is 5.41 Å². The molecule has 3 atom stereocenters. The first-order chi connectivity index (χ1) is 22.0. The standard InChI is InChI=1S/C35H47N7O4/c1-21-25-14-13-22-18-27(42(31(22)38-25)16-9-7-8-12-29(46-6)35(2,3)34(44)37-21)32-39-26-17-23(19-28(45-5)30(26)40(32)4)33(43)41-15-10-11-24(36)20-41/h13-14,17-19,21,24,29H,7-12,15-16,20,36H2,1-6H3,(H,37,44)/t21-,24-,29-/m1/s1. The molecule has 0 radical (unpaired) electrons. The van der Waals surface area contributed by atoms with E-state index in [1.165, 1.54) is 0 Å². The number of pyridine rings is 1. The van der Waals surface area contributed by atoms with Gasteiger partial charge in [-0.15, -0.1) is 0 Å². The van der Waals surface area contributed by atoms with Gasteiger partial charge in [0.25, 0.3) is 5.91 Å². The first-order valence-corrected chi connectivity index (χ1v) is 16.5. The fourth-order valence-electron chi connectivity index (χ4n) is 7.14. The van der Waals surface area contributed by atoms with Gasteiger partial charge in [0, 0.05) is 50.8 Å². The molecule has 0 spiro atoms. The van der Waals surface area contributed by atoms with Crippen LogP contribution in [0.3, 0.4) is 0 Å². The maximum Gasteiger partial charge on any atom is 0.254 e. The predicted molar refractivity (Wildman–Crippen MR) is 179 cm³/mol. The van der Waals surface area contributed by atoms with E-state index in [9.17, 15) is 9.59 Å². The zero-order valence-corrected chi connectivity index (χ0v) is 27.9. The minimum Gasteiger partial charge on any atom is -0.494 e. The van der Waals surface area contributed by atoms with Gasteiger partial charge in [-0.05, 0) is 76.8 Å². The molecule has 2 aliphatic rings. The van der Waals surface area contributed by atoms with E-state index >= 15 is 0 Å². The number of methoxy groups -OCH3 is 2. The molecule has 3 N–H and O–H groups in total. The molecule has 2 bridgehead atoms. The number of nitrogens with one attached hydrogen (secondary N) is 1. The Hall–Kier alpha value is -3.96. The number of hydrogen-bond acceptors (Lipinski definition) is 7. The van der Waals surface area contributed by atoms with Gasteiger partial charge < -0.3 is 34.6 Å². The van der Waals surface area contributed by atoms with Crippen molar-refractivity contribution in [3.8, 4) is 17.3 Å². The summed E-state index contributed by atoms with van der Waals surface area (Å²) in [7, 11) is 5.29. The summed E-state index contributed by atoms with van der Waals surface area (Å²) < 4.78 is 15.9. The van der Waals surface area contributed by atoms with Gasteiger partial charge in [-0.25, -0.2) is 9.97 Å². The van der Waals surface area contributed by atoms with Crippen LogP contribution in [0.15, 0.2) is 30.3 Å². The number of piperidine rings is 1. The van der Waals surface area contributed by atoms with Crippen molar-refractivity contribution < 1.29 is 19.1 Å². The Balaban J connectivity index is 1.43. The number of fused-ring (bicyclic) bond motifs is 2. The highest BCUT2D eigenvalue weighted by Gasteiger charge is 2.37. The van der Waals surface area contributed by atoms with Gasteiger partial charge in [0.2, 0.25) is 5.91 Å². The molecule has 0 aliphatic carbocycles. The molecule has 1 aromatic carbocycles. The molecule has 0 saturated carbocycles. The van der Waals surface area contributed by atoms with Crippen LogP contribution in [-0.4, -0.2) is 75.3 Å². The van der Waals surface area contributed by atoms with Crippen LogP contribution >= 0.6 is 0 Å². The molecule has 1 fully saturated rings. The van der Waals surface area contributed by atoms with E-state index in [1.54, 1.807) is 14.2 Å². The first kappa shape index (κ1) is 32.0. The lowest BCUT2D eigenvalue weighted by Gasteiger charge is -2.33. The molecule has 2 aliphatic heterocycles. The number of benzene rings is 1. The molecule has 0 unspecified atom stereocenters. The summed E-state index contributed by atoms with van der Waals surface area (Å²) in [5.41, 5.74) is 10.2. The van der Waals surface area contributed by atoms with Crippen LogP contribution in [0.25, 0.3) is 33.6 Å². The van der Waals surface area contributed by atoms with Crippen LogP contribution in [0.1, 0.15) is 81.4 Å². The van der Waals surface area contributed by atoms with E-state index in [0.717, 1.165) is 78.8 Å². The second-order valence-electron chi connectivity index (χ2n) is 13.5. The SMILES string of the molecule is COc1cc(C(=O)N2CCC[C@@H](N)C2)cc2nc(-c3cc4ccc5nc4n3CCCCC[C@@H](OC)C(C)(C)C(=O)N[C@@H]5C)n(C)c12. The Morgan fingerprint density at radius 1 is 1.04 bits per heavy atom. The van der Waals surface area contributed by atoms with Gasteiger partial charge in [0.15, 0.2) is 5.82 Å². The summed E-state index contributed by atoms with van der Waals surface area (Å²) in [6.45, 7) is 7.89. The molecule has 11 heteroatoms. The third kappa shape index (κ3) is 5.75. The Morgan fingerprint density at radius 3 is 2.59 bits per heavy atom. The van der Waals surface area contributed by atoms with Crippen molar-refractivity contribution >= 4 is 33.9 Å². The lowest BCUT2D eigenvalue weighted by atomic mass is 9.82. The number of amides is 2. The van der Waals surface area contributed by atoms with Crippen LogP contribution in [0.5, 0.6) is 5.75 Å². The van der Waals surface area contributed by atoms with Gasteiger partial charge in [0.1, 0.15) is 16.9 Å². The van der Waals surface area contributed by atoms with E-state index < -0.39 is 5.41 Å². The number of aromatic nitrogens is 4. The number of likely N-dealkylation sites (tertiary alicyclic amines) is 1. The summed E-state index contributed by atoms with van der Waals surface area (Å²) in [6, 6.07) is 9.57. The number of carbonyl (C=O) groups excluding carboxylic acids is 2. The fourth-order valence-corrected chi connectivity index (χ4v) is 7.14. The molecule has 6 rings (SSSR count). The van der Waals surface area contributed by atoms with E-state index in [2.05, 4.69) is 22.0 Å². The van der Waals surface area contributed by atoms with Crippen molar-refractivity contribution in [2.24, 2.45) is 18.2 Å². The highest BCUT2D eigenvalue weighted by molar-refractivity contribution is 6.00. The first-order valence-electron chi connectivity index (χ1n) is 16.5. The summed E-state index contributed by atoms with van der Waals surface area (Å²) in [5, 5.41) is 4.19. The van der Waals surface area contributed by atoms with Gasteiger partial charge in [-0.3, -0.25) is 9.59 Å². The number of carbonyl (C=O) groups is 2. The Kier molecular flexibility index (Phi) is 8.82. The predicted octanol–water partition coefficient (Wildman–Crippen LogP) is 4.95. The Bertz CT molecular complexity index is 1770. The molecule has 4 aromatic rings. The van der Waals surface area contributed by atoms with Crippen molar-refractivity contribution in [3.05, 3.63) is 41.6 Å². The minimum absolute atomic E-state index is 0.00355. The van der Waals surface area contributed by atoms with Gasteiger partial charge in [-0.2, -0.15) is 0 Å². The largest absolute Gasteiger partial charge is 0.494 e. The third-order valence-electron chi connectivity index (χ3n) is 9.95. The smallest absolute Gasteiger partial charge is 0.254 e. The van der Waals surface area contributed by atoms with Gasteiger partial charge in [0.05, 0.1) is 41.6 Å². The number of nitrogens with zero attached hydrogens (tertiary/aromatic N) is 5. The number of aryl methyl sites for hydroxylation is 2. The van der Waals surface area contributed by atoms with E-state index in [0.29, 0.717) is 29.9 Å². The van der Waals surface area contributed by atoms with Gasteiger partial charge in [-0.1, -0.05) is 12.8 Å². The van der Waals surface area contributed by atoms with Crippen LogP contribution in [0.4, 0.5) is 0 Å². The molecular formula is C35H47N7O4. The van der Waals surface area contributed by atoms with Crippen LogP contribution < -0.4 is 15.8 Å². The summed E-state index contributed by atoms with van der Waals surface area (Å²) >= 11 is 0. The normalized spacial score (nSPS) is 22.6. The fraction of sp³-hybridized carbons (Fsp3) is 0.543. The second kappa shape index (κ2) is 12.7. The molecule has 5 heterocycles. The Labute approximate surface area is 270 Å². The van der Waals surface area contributed by atoms with Crippen molar-refractivity contribution in [3.63, 3.8) is 0 Å². The molecular weight excluding hydrogens is 582 g/mol. The van der Waals surface area contributed by atoms with Crippen LogP contribution in [-0.2, 0) is 23.1 Å². The van der Waals surface area contributed by atoms with E-state index in [-0.39, 0.29) is 30.0 Å². The maximum atomic E-state index is 13.5. The highest BCUT2D eigenvalue weighted by atomic mass is 16.5. The minimum atomic E-state index is -0.670. The molecule has 11 nitrogen and oxygen atoms in total. The number of ether oxygens (including phenoxy) is 2. The van der Waals surface area contributed by atoms with Crippen molar-refractivity contribution in [1.29, 1.82) is 0 Å². The zero-order chi connectivity index (χ0) is 32.7. The number of hydrogen-bond donors (Lipinski definition) is 2. The topological polar surface area (TPSA) is 130 Å². The number of rotatable bonds is 4. The molecule has 2 amide bonds. The van der Waals surface area contributed by atoms with Gasteiger partial charge >= 0.3 is 0 Å². The zero-order valence-electron chi connectivity index (χ0n) is 27.9. The monoisotopic (exact) mass is 629 g/mol. The molecule has 246 valence electrons. The second-order valence-corrected chi connectivity index (χ2v) is 13.5. The van der Waals surface area contributed by atoms with Crippen molar-refractivity contribution in [1.82, 2.24) is 29.3 Å². The third-order valence-corrected chi connectivity index (χ3v) is 9.95. The van der Waals surface area contributed by atoms with Crippen LogP contribution in [0.2, 0.25) is 0 Å². The molecule has 1 saturated heterocycles. The van der Waals surface area contributed by atoms with Crippen molar-refractivity contribution in [2.75, 3.05) is 27.3 Å². The van der Waals surface area contributed by atoms with E-state index in [1.807, 2.05) is 55.5 Å². The average molecular weight is 630 g/mol. The summed E-state index contributed by atoms with van der Waals surface area (Å²) in [6.07, 6.45) is 5.31. The maximum absolute atomic E-state index is 13.5. The van der Waals surface area contributed by atoms with E-state index in [4.69, 9.17) is 25.2 Å². The molecule has 3 aromatic heterocycles.